The Bertz CT molecular complexity index is 281. The molecule has 0 aliphatic carbocycles. The molecule has 0 aliphatic rings. The number of rotatable bonds is 3. The molecule has 0 N–H and O–H groups in total. The summed E-state index contributed by atoms with van der Waals surface area (Å²) in [6.07, 6.45) is 0. The van der Waals surface area contributed by atoms with Gasteiger partial charge in [0.1, 0.15) is 0 Å². The van der Waals surface area contributed by atoms with E-state index in [9.17, 15) is 0 Å². The Morgan fingerprint density at radius 2 is 2.00 bits per heavy atom. The quantitative estimate of drug-likeness (QED) is 0.737. The van der Waals surface area contributed by atoms with Crippen LogP contribution in [0.1, 0.15) is 11.1 Å². The van der Waals surface area contributed by atoms with E-state index in [2.05, 4.69) is 34.4 Å². The number of aryl methyl sites for hydroxylation is 1. The summed E-state index contributed by atoms with van der Waals surface area (Å²) in [6.45, 7) is 2.98. The van der Waals surface area contributed by atoms with Crippen molar-refractivity contribution in [2.24, 2.45) is 0 Å². The first kappa shape index (κ1) is 11.1. The first-order valence-electron chi connectivity index (χ1n) is 4.41. The van der Waals surface area contributed by atoms with Gasteiger partial charge in [-0.2, -0.15) is 0 Å². The van der Waals surface area contributed by atoms with Gasteiger partial charge in [0.05, 0.1) is 0 Å². The van der Waals surface area contributed by atoms with Crippen molar-refractivity contribution in [3.63, 3.8) is 0 Å². The monoisotopic (exact) mass is 374 g/mol. The van der Waals surface area contributed by atoms with Gasteiger partial charge in [-0.25, -0.2) is 0 Å². The molecule has 0 amide bonds. The average molecular weight is 374 g/mol. The van der Waals surface area contributed by atoms with E-state index in [1.807, 2.05) is 0 Å². The molecule has 1 nitrogen and oxygen atoms in total. The van der Waals surface area contributed by atoms with Crippen molar-refractivity contribution >= 4 is 25.0 Å². The standard InChI is InChI=1S/C9H11O.2CH3.Bi/c1-8-4-3-5-9(6-8)7-10-2;;;/h3-5H,7H2,1-2H3;2*1H3;. The van der Waals surface area contributed by atoms with Gasteiger partial charge in [-0.3, -0.25) is 0 Å². The Balaban J connectivity index is 3.10. The van der Waals surface area contributed by atoms with Gasteiger partial charge in [-0.05, 0) is 0 Å². The van der Waals surface area contributed by atoms with E-state index in [0.717, 1.165) is 6.61 Å². The van der Waals surface area contributed by atoms with E-state index >= 15 is 0 Å². The Labute approximate surface area is 88.8 Å². The summed E-state index contributed by atoms with van der Waals surface area (Å²) in [5, 5.41) is 0. The predicted octanol–water partition coefficient (Wildman–Crippen LogP) is 2.10. The third-order valence-electron chi connectivity index (χ3n) is 2.07. The van der Waals surface area contributed by atoms with Crippen molar-refractivity contribution in [3.8, 4) is 0 Å². The molecule has 0 atom stereocenters. The van der Waals surface area contributed by atoms with Gasteiger partial charge in [0.2, 0.25) is 0 Å². The molecule has 0 saturated carbocycles. The molecule has 13 heavy (non-hydrogen) atoms. The Kier molecular flexibility index (Phi) is 4.35. The van der Waals surface area contributed by atoms with Crippen molar-refractivity contribution in [2.45, 2.75) is 22.8 Å². The van der Waals surface area contributed by atoms with E-state index in [0.29, 0.717) is 0 Å². The molecular formula is C11H17BiO. The van der Waals surface area contributed by atoms with Crippen LogP contribution in [-0.2, 0) is 11.3 Å². The molecule has 0 fully saturated rings. The summed E-state index contributed by atoms with van der Waals surface area (Å²) in [5.41, 5.74) is 2.86. The van der Waals surface area contributed by atoms with Crippen LogP contribution in [0.15, 0.2) is 18.2 Å². The van der Waals surface area contributed by atoms with E-state index in [4.69, 9.17) is 4.74 Å². The summed E-state index contributed by atoms with van der Waals surface area (Å²) in [5.74, 6) is 0. The van der Waals surface area contributed by atoms with Gasteiger partial charge in [-0.1, -0.05) is 0 Å². The van der Waals surface area contributed by atoms with E-state index < -0.39 is 21.8 Å². The van der Waals surface area contributed by atoms with Crippen molar-refractivity contribution in [2.75, 3.05) is 7.11 Å². The minimum absolute atomic E-state index is 0.768. The van der Waals surface area contributed by atoms with Gasteiger partial charge in [0.15, 0.2) is 0 Å². The molecular weight excluding hydrogens is 357 g/mol. The average Bonchev–Trinajstić information content (AvgIpc) is 2.04. The SMILES string of the molecule is COCc1cccc(C)[c]1[Bi]([CH3])[CH3]. The second-order valence-electron chi connectivity index (χ2n) is 3.41. The van der Waals surface area contributed by atoms with Crippen LogP contribution in [0, 0.1) is 6.92 Å². The molecule has 0 aromatic heterocycles. The van der Waals surface area contributed by atoms with Crippen molar-refractivity contribution in [3.05, 3.63) is 29.3 Å². The summed E-state index contributed by atoms with van der Waals surface area (Å²) in [4.78, 5) is 0. The maximum atomic E-state index is 5.21. The number of methoxy groups -OCH3 is 1. The molecule has 1 aromatic rings. The third-order valence-corrected chi connectivity index (χ3v) is 8.03. The van der Waals surface area contributed by atoms with Crippen LogP contribution in [0.5, 0.6) is 0 Å². The molecule has 0 heterocycles. The Hall–Kier alpha value is 0.0631. The zero-order chi connectivity index (χ0) is 9.84. The molecule has 0 aliphatic heterocycles. The Morgan fingerprint density at radius 3 is 2.54 bits per heavy atom. The van der Waals surface area contributed by atoms with Gasteiger partial charge in [0, 0.05) is 0 Å². The van der Waals surface area contributed by atoms with Crippen molar-refractivity contribution in [1.82, 2.24) is 0 Å². The van der Waals surface area contributed by atoms with Crippen molar-refractivity contribution < 1.29 is 4.74 Å². The molecule has 2 heteroatoms. The summed E-state index contributed by atoms with van der Waals surface area (Å²) < 4.78 is 11.7. The van der Waals surface area contributed by atoms with Crippen LogP contribution in [0.25, 0.3) is 0 Å². The number of ether oxygens (including phenoxy) is 1. The van der Waals surface area contributed by atoms with Crippen LogP contribution in [0.2, 0.25) is 9.26 Å². The fourth-order valence-corrected chi connectivity index (χ4v) is 7.44. The van der Waals surface area contributed by atoms with Crippen LogP contribution in [-0.4, -0.2) is 28.9 Å². The second-order valence-corrected chi connectivity index (χ2v) is 12.1. The van der Waals surface area contributed by atoms with Crippen LogP contribution in [0.4, 0.5) is 0 Å². The fourth-order valence-electron chi connectivity index (χ4n) is 1.63. The fraction of sp³-hybridized carbons (Fsp3) is 0.455. The predicted molar refractivity (Wildman–Crippen MR) is 59.0 cm³/mol. The molecule has 0 bridgehead atoms. The molecule has 0 spiro atoms. The van der Waals surface area contributed by atoms with Gasteiger partial charge in [-0.15, -0.1) is 0 Å². The molecule has 0 unspecified atom stereocenters. The maximum absolute atomic E-state index is 5.21. The molecule has 1 rings (SSSR count). The van der Waals surface area contributed by atoms with E-state index in [1.54, 1.807) is 10.4 Å². The normalized spacial score (nSPS) is 10.8. The van der Waals surface area contributed by atoms with Crippen LogP contribution in [0.3, 0.4) is 0 Å². The summed E-state index contributed by atoms with van der Waals surface area (Å²) in [6, 6.07) is 6.53. The van der Waals surface area contributed by atoms with Gasteiger partial charge < -0.3 is 0 Å². The molecule has 72 valence electrons. The first-order valence-corrected chi connectivity index (χ1v) is 13.1. The molecule has 0 saturated heterocycles. The topological polar surface area (TPSA) is 9.23 Å². The van der Waals surface area contributed by atoms with Gasteiger partial charge >= 0.3 is 89.0 Å². The minimum atomic E-state index is -1.32. The van der Waals surface area contributed by atoms with Crippen LogP contribution >= 0.6 is 0 Å². The second kappa shape index (κ2) is 5.07. The zero-order valence-electron chi connectivity index (χ0n) is 8.79. The summed E-state index contributed by atoms with van der Waals surface area (Å²) in [7, 11) is 1.77. The zero-order valence-corrected chi connectivity index (χ0v) is 12.3. The molecule has 1 aromatic carbocycles. The Morgan fingerprint density at radius 1 is 1.31 bits per heavy atom. The van der Waals surface area contributed by atoms with E-state index in [-0.39, 0.29) is 0 Å². The number of benzene rings is 1. The van der Waals surface area contributed by atoms with Crippen LogP contribution < -0.4 is 3.27 Å². The van der Waals surface area contributed by atoms with Gasteiger partial charge in [0.25, 0.3) is 0 Å². The van der Waals surface area contributed by atoms with Crippen molar-refractivity contribution in [1.29, 1.82) is 0 Å². The first-order chi connectivity index (χ1) is 6.16. The summed E-state index contributed by atoms with van der Waals surface area (Å²) >= 11 is -1.32. The third kappa shape index (κ3) is 2.75. The molecule has 0 radical (unpaired) electrons. The number of hydrogen-bond donors (Lipinski definition) is 0. The van der Waals surface area contributed by atoms with E-state index in [1.165, 1.54) is 11.1 Å². The number of hydrogen-bond acceptors (Lipinski definition) is 1.